The fourth-order valence-electron chi connectivity index (χ4n) is 2.04. The molecule has 1 aliphatic heterocycles. The zero-order valence-electron chi connectivity index (χ0n) is 10.9. The Morgan fingerprint density at radius 3 is 2.86 bits per heavy atom. The lowest BCUT2D eigenvalue weighted by Gasteiger charge is -2.08. The van der Waals surface area contributed by atoms with Gasteiger partial charge in [0, 0.05) is 22.3 Å². The first kappa shape index (κ1) is 13.7. The molecule has 0 saturated heterocycles. The molecule has 0 unspecified atom stereocenters. The highest BCUT2D eigenvalue weighted by atomic mass is 35.5. The molecule has 21 heavy (non-hydrogen) atoms. The molecular weight excluding hydrogens is 297 g/mol. The Labute approximate surface area is 125 Å². The maximum atomic E-state index is 13.6. The lowest BCUT2D eigenvalue weighted by molar-refractivity contribution is -0.115. The van der Waals surface area contributed by atoms with Crippen molar-refractivity contribution in [2.45, 2.75) is 6.42 Å². The molecule has 4 nitrogen and oxygen atoms in total. The molecule has 0 aromatic heterocycles. The number of ether oxygens (including phenoxy) is 2. The Kier molecular flexibility index (Phi) is 3.66. The van der Waals surface area contributed by atoms with Crippen molar-refractivity contribution in [3.8, 4) is 11.5 Å². The Morgan fingerprint density at radius 2 is 2.05 bits per heavy atom. The van der Waals surface area contributed by atoms with Crippen LogP contribution in [0.2, 0.25) is 5.02 Å². The molecule has 1 amide bonds. The van der Waals surface area contributed by atoms with E-state index in [9.17, 15) is 9.18 Å². The molecule has 2 aromatic rings. The molecule has 3 rings (SSSR count). The Balaban J connectivity index is 1.72. The number of hydrogen-bond acceptors (Lipinski definition) is 3. The van der Waals surface area contributed by atoms with E-state index in [1.165, 1.54) is 12.1 Å². The maximum absolute atomic E-state index is 13.6. The second-order valence-electron chi connectivity index (χ2n) is 4.49. The molecule has 108 valence electrons. The van der Waals surface area contributed by atoms with E-state index in [1.807, 2.05) is 0 Å². The number of benzene rings is 2. The number of amides is 1. The second-order valence-corrected chi connectivity index (χ2v) is 4.90. The predicted octanol–water partition coefficient (Wildman–Crippen LogP) is 3.39. The Bertz CT molecular complexity index is 685. The molecule has 1 aliphatic rings. The number of nitrogens with one attached hydrogen (secondary N) is 1. The summed E-state index contributed by atoms with van der Waals surface area (Å²) < 4.78 is 24.0. The van der Waals surface area contributed by atoms with Gasteiger partial charge in [0.25, 0.3) is 0 Å². The van der Waals surface area contributed by atoms with Crippen LogP contribution in [-0.2, 0) is 11.2 Å². The molecule has 1 heterocycles. The van der Waals surface area contributed by atoms with Gasteiger partial charge < -0.3 is 14.8 Å². The number of fused-ring (bicyclic) bond motifs is 1. The van der Waals surface area contributed by atoms with Gasteiger partial charge in [0.1, 0.15) is 5.82 Å². The van der Waals surface area contributed by atoms with E-state index >= 15 is 0 Å². The lowest BCUT2D eigenvalue weighted by Crippen LogP contribution is -2.15. The van der Waals surface area contributed by atoms with Crippen LogP contribution in [0.3, 0.4) is 0 Å². The number of hydrogen-bond donors (Lipinski definition) is 1. The summed E-state index contributed by atoms with van der Waals surface area (Å²) in [5.41, 5.74) is 0.731. The van der Waals surface area contributed by atoms with Gasteiger partial charge in [-0.05, 0) is 24.3 Å². The first-order chi connectivity index (χ1) is 10.1. The molecule has 0 saturated carbocycles. The summed E-state index contributed by atoms with van der Waals surface area (Å²) in [6.07, 6.45) is -0.139. The van der Waals surface area contributed by atoms with Gasteiger partial charge in [-0.2, -0.15) is 0 Å². The van der Waals surface area contributed by atoms with E-state index in [4.69, 9.17) is 21.1 Å². The standard InChI is InChI=1S/C15H11ClFNO3/c16-11-2-1-3-12(17)10(11)7-15(19)18-9-4-5-13-14(6-9)21-8-20-13/h1-6H,7-8H2,(H,18,19). The van der Waals surface area contributed by atoms with Crippen LogP contribution in [0.15, 0.2) is 36.4 Å². The van der Waals surface area contributed by atoms with Crippen molar-refractivity contribution in [3.63, 3.8) is 0 Å². The topological polar surface area (TPSA) is 47.6 Å². The highest BCUT2D eigenvalue weighted by Gasteiger charge is 2.15. The minimum atomic E-state index is -0.497. The maximum Gasteiger partial charge on any atom is 0.231 e. The van der Waals surface area contributed by atoms with Crippen molar-refractivity contribution < 1.29 is 18.7 Å². The van der Waals surface area contributed by atoms with Crippen LogP contribution < -0.4 is 14.8 Å². The molecule has 0 aliphatic carbocycles. The summed E-state index contributed by atoms with van der Waals surface area (Å²) in [6.45, 7) is 0.164. The zero-order valence-corrected chi connectivity index (χ0v) is 11.6. The monoisotopic (exact) mass is 307 g/mol. The van der Waals surface area contributed by atoms with Crippen molar-refractivity contribution in [3.05, 3.63) is 52.8 Å². The summed E-state index contributed by atoms with van der Waals surface area (Å²) in [4.78, 5) is 12.0. The fourth-order valence-corrected chi connectivity index (χ4v) is 2.27. The van der Waals surface area contributed by atoms with E-state index in [1.54, 1.807) is 24.3 Å². The first-order valence-electron chi connectivity index (χ1n) is 6.26. The first-order valence-corrected chi connectivity index (χ1v) is 6.63. The SMILES string of the molecule is O=C(Cc1c(F)cccc1Cl)Nc1ccc2c(c1)OCO2. The summed E-state index contributed by atoms with van der Waals surface area (Å²) in [6, 6.07) is 9.37. The normalized spacial score (nSPS) is 12.3. The number of carbonyl (C=O) groups excluding carboxylic acids is 1. The number of anilines is 1. The summed E-state index contributed by atoms with van der Waals surface area (Å²) in [7, 11) is 0. The van der Waals surface area contributed by atoms with E-state index in [0.717, 1.165) is 0 Å². The van der Waals surface area contributed by atoms with Crippen molar-refractivity contribution in [1.82, 2.24) is 0 Å². The molecular formula is C15H11ClFNO3. The number of halogens is 2. The van der Waals surface area contributed by atoms with E-state index in [0.29, 0.717) is 17.2 Å². The molecule has 0 atom stereocenters. The van der Waals surface area contributed by atoms with Gasteiger partial charge >= 0.3 is 0 Å². The van der Waals surface area contributed by atoms with Crippen LogP contribution >= 0.6 is 11.6 Å². The number of rotatable bonds is 3. The third-order valence-corrected chi connectivity index (χ3v) is 3.41. The van der Waals surface area contributed by atoms with Crippen LogP contribution in [0, 0.1) is 5.82 Å². The minimum absolute atomic E-state index is 0.139. The fraction of sp³-hybridized carbons (Fsp3) is 0.133. The highest BCUT2D eigenvalue weighted by molar-refractivity contribution is 6.31. The van der Waals surface area contributed by atoms with Gasteiger partial charge in [0.15, 0.2) is 11.5 Å². The van der Waals surface area contributed by atoms with Crippen molar-refractivity contribution in [2.75, 3.05) is 12.1 Å². The van der Waals surface area contributed by atoms with Gasteiger partial charge in [-0.3, -0.25) is 4.79 Å². The van der Waals surface area contributed by atoms with E-state index in [2.05, 4.69) is 5.32 Å². The second kappa shape index (κ2) is 5.61. The van der Waals surface area contributed by atoms with Crippen LogP contribution in [0.25, 0.3) is 0 Å². The van der Waals surface area contributed by atoms with Crippen LogP contribution in [0.4, 0.5) is 10.1 Å². The molecule has 0 radical (unpaired) electrons. The summed E-state index contributed by atoms with van der Waals surface area (Å²) >= 11 is 5.90. The zero-order chi connectivity index (χ0) is 14.8. The van der Waals surface area contributed by atoms with Crippen LogP contribution in [-0.4, -0.2) is 12.7 Å². The smallest absolute Gasteiger partial charge is 0.231 e. The Hall–Kier alpha value is -2.27. The van der Waals surface area contributed by atoms with Crippen molar-refractivity contribution in [2.24, 2.45) is 0 Å². The largest absolute Gasteiger partial charge is 0.454 e. The highest BCUT2D eigenvalue weighted by Crippen LogP contribution is 2.34. The molecule has 1 N–H and O–H groups in total. The van der Waals surface area contributed by atoms with Crippen molar-refractivity contribution in [1.29, 1.82) is 0 Å². The van der Waals surface area contributed by atoms with E-state index < -0.39 is 5.82 Å². The average molecular weight is 308 g/mol. The van der Waals surface area contributed by atoms with Gasteiger partial charge in [-0.25, -0.2) is 4.39 Å². The Morgan fingerprint density at radius 1 is 1.24 bits per heavy atom. The molecule has 0 bridgehead atoms. The minimum Gasteiger partial charge on any atom is -0.454 e. The third-order valence-electron chi connectivity index (χ3n) is 3.06. The quantitative estimate of drug-likeness (QED) is 0.945. The third kappa shape index (κ3) is 2.92. The summed E-state index contributed by atoms with van der Waals surface area (Å²) in [5, 5.41) is 2.91. The van der Waals surface area contributed by atoms with Gasteiger partial charge in [0.05, 0.1) is 6.42 Å². The van der Waals surface area contributed by atoms with E-state index in [-0.39, 0.29) is 29.7 Å². The van der Waals surface area contributed by atoms with Gasteiger partial charge in [-0.1, -0.05) is 17.7 Å². The van der Waals surface area contributed by atoms with Gasteiger partial charge in [0.2, 0.25) is 12.7 Å². The van der Waals surface area contributed by atoms with Crippen LogP contribution in [0.1, 0.15) is 5.56 Å². The predicted molar refractivity (Wildman–Crippen MR) is 76.3 cm³/mol. The molecule has 0 spiro atoms. The van der Waals surface area contributed by atoms with Crippen molar-refractivity contribution >= 4 is 23.2 Å². The molecule has 6 heteroatoms. The lowest BCUT2D eigenvalue weighted by atomic mass is 10.1. The number of carbonyl (C=O) groups is 1. The molecule has 0 fully saturated rings. The average Bonchev–Trinajstić information content (AvgIpc) is 2.90. The molecule has 2 aromatic carbocycles. The van der Waals surface area contributed by atoms with Gasteiger partial charge in [-0.15, -0.1) is 0 Å². The summed E-state index contributed by atoms with van der Waals surface area (Å²) in [5.74, 6) is 0.339. The van der Waals surface area contributed by atoms with Crippen LogP contribution in [0.5, 0.6) is 11.5 Å².